The molecule has 0 atom stereocenters. The largest absolute Gasteiger partial charge is 0.496 e. The molecule has 0 aliphatic carbocycles. The van der Waals surface area contributed by atoms with Crippen molar-refractivity contribution in [3.05, 3.63) is 105 Å². The third kappa shape index (κ3) is 6.56. The fourth-order valence-electron chi connectivity index (χ4n) is 4.89. The Kier molecular flexibility index (Phi) is 8.54. The summed E-state index contributed by atoms with van der Waals surface area (Å²) in [5.41, 5.74) is 6.21. The summed E-state index contributed by atoms with van der Waals surface area (Å²) in [5, 5.41) is 4.71. The molecule has 6 nitrogen and oxygen atoms in total. The van der Waals surface area contributed by atoms with Gasteiger partial charge < -0.3 is 4.74 Å². The number of aryl methyl sites for hydroxylation is 2. The molecule has 0 saturated heterocycles. The van der Waals surface area contributed by atoms with Gasteiger partial charge in [0.25, 0.3) is 0 Å². The highest BCUT2D eigenvalue weighted by molar-refractivity contribution is 5.98. The van der Waals surface area contributed by atoms with Gasteiger partial charge >= 0.3 is 5.69 Å². The van der Waals surface area contributed by atoms with Crippen LogP contribution < -0.4 is 10.4 Å². The van der Waals surface area contributed by atoms with Gasteiger partial charge in [0.1, 0.15) is 11.6 Å². The number of aromatic nitrogens is 3. The van der Waals surface area contributed by atoms with Crippen molar-refractivity contribution in [3.63, 3.8) is 0 Å². The number of rotatable bonds is 10. The van der Waals surface area contributed by atoms with Crippen LogP contribution in [0.15, 0.2) is 71.5 Å². The molecule has 204 valence electrons. The Balaban J connectivity index is 1.45. The second-order valence-electron chi connectivity index (χ2n) is 11.1. The standard InChI is InChI=1S/C33H39N3O3/c1-7-35-31(34-36(32(35)38)22-25-14-17-28(18-15-25)33(3,4)5)13-9-11-24-10-8-12-26(20-24)27-16-19-30(39-6)29(21-27)23(2)37/h8,10,12,14-21H,7,9,11,13,22H2,1-6H3. The van der Waals surface area contributed by atoms with Gasteiger partial charge in [-0.2, -0.15) is 5.10 Å². The molecule has 0 saturated carbocycles. The Hall–Kier alpha value is -3.93. The van der Waals surface area contributed by atoms with Crippen molar-refractivity contribution in [2.75, 3.05) is 7.11 Å². The van der Waals surface area contributed by atoms with Crippen LogP contribution in [0.25, 0.3) is 11.1 Å². The average Bonchev–Trinajstić information content (AvgIpc) is 3.21. The van der Waals surface area contributed by atoms with E-state index in [0.29, 0.717) is 24.4 Å². The summed E-state index contributed by atoms with van der Waals surface area (Å²) in [7, 11) is 1.58. The van der Waals surface area contributed by atoms with E-state index in [2.05, 4.69) is 63.2 Å². The van der Waals surface area contributed by atoms with E-state index in [4.69, 9.17) is 9.84 Å². The van der Waals surface area contributed by atoms with Crippen LogP contribution in [-0.2, 0) is 31.3 Å². The first-order valence-corrected chi connectivity index (χ1v) is 13.6. The minimum absolute atomic E-state index is 0.0202. The van der Waals surface area contributed by atoms with Crippen LogP contribution in [0.5, 0.6) is 5.75 Å². The predicted molar refractivity (Wildman–Crippen MR) is 157 cm³/mol. The highest BCUT2D eigenvalue weighted by Gasteiger charge is 2.15. The molecule has 4 rings (SSSR count). The zero-order valence-electron chi connectivity index (χ0n) is 24.0. The lowest BCUT2D eigenvalue weighted by atomic mass is 9.87. The van der Waals surface area contributed by atoms with Gasteiger partial charge in [0.15, 0.2) is 5.78 Å². The van der Waals surface area contributed by atoms with Crippen molar-refractivity contribution < 1.29 is 9.53 Å². The monoisotopic (exact) mass is 525 g/mol. The Morgan fingerprint density at radius 1 is 0.923 bits per heavy atom. The van der Waals surface area contributed by atoms with Crippen molar-refractivity contribution >= 4 is 5.78 Å². The van der Waals surface area contributed by atoms with Crippen LogP contribution >= 0.6 is 0 Å². The van der Waals surface area contributed by atoms with E-state index in [-0.39, 0.29) is 16.9 Å². The van der Waals surface area contributed by atoms with E-state index >= 15 is 0 Å². The lowest BCUT2D eigenvalue weighted by molar-refractivity contribution is 0.101. The molecular formula is C33H39N3O3. The Labute approximate surface area is 231 Å². The van der Waals surface area contributed by atoms with Gasteiger partial charge in [-0.1, -0.05) is 75.4 Å². The van der Waals surface area contributed by atoms with Crippen LogP contribution in [0.2, 0.25) is 0 Å². The normalized spacial score (nSPS) is 11.5. The number of benzene rings is 3. The van der Waals surface area contributed by atoms with E-state index < -0.39 is 0 Å². The Morgan fingerprint density at radius 2 is 1.64 bits per heavy atom. The number of Topliss-reactive ketones (excluding diaryl/α,β-unsaturated/α-hetero) is 1. The molecule has 0 bridgehead atoms. The van der Waals surface area contributed by atoms with E-state index in [0.717, 1.165) is 41.8 Å². The van der Waals surface area contributed by atoms with Crippen LogP contribution in [0, 0.1) is 0 Å². The number of hydrogen-bond acceptors (Lipinski definition) is 4. The highest BCUT2D eigenvalue weighted by Crippen LogP contribution is 2.28. The van der Waals surface area contributed by atoms with Crippen molar-refractivity contribution in [2.45, 2.75) is 72.4 Å². The molecule has 4 aromatic rings. The smallest absolute Gasteiger partial charge is 0.346 e. The average molecular weight is 526 g/mol. The number of ether oxygens (including phenoxy) is 1. The third-order valence-electron chi connectivity index (χ3n) is 7.17. The number of hydrogen-bond donors (Lipinski definition) is 0. The first-order chi connectivity index (χ1) is 18.6. The minimum Gasteiger partial charge on any atom is -0.496 e. The van der Waals surface area contributed by atoms with Gasteiger partial charge in [0.2, 0.25) is 0 Å². The van der Waals surface area contributed by atoms with E-state index in [1.54, 1.807) is 23.3 Å². The van der Waals surface area contributed by atoms with Gasteiger partial charge in [0.05, 0.1) is 19.2 Å². The quantitative estimate of drug-likeness (QED) is 0.223. The molecule has 3 aromatic carbocycles. The maximum Gasteiger partial charge on any atom is 0.346 e. The van der Waals surface area contributed by atoms with Gasteiger partial charge in [-0.3, -0.25) is 9.36 Å². The molecule has 1 aromatic heterocycles. The number of nitrogens with zero attached hydrogens (tertiary/aromatic N) is 3. The number of carbonyl (C=O) groups excluding carboxylic acids is 1. The number of methoxy groups -OCH3 is 1. The van der Waals surface area contributed by atoms with Crippen LogP contribution in [0.3, 0.4) is 0 Å². The fourth-order valence-corrected chi connectivity index (χ4v) is 4.89. The summed E-state index contributed by atoms with van der Waals surface area (Å²) in [6.45, 7) is 11.2. The van der Waals surface area contributed by atoms with Crippen LogP contribution in [0.1, 0.15) is 73.9 Å². The maximum absolute atomic E-state index is 13.0. The van der Waals surface area contributed by atoms with Gasteiger partial charge in [-0.25, -0.2) is 9.48 Å². The zero-order valence-corrected chi connectivity index (χ0v) is 24.0. The second kappa shape index (κ2) is 11.9. The molecule has 39 heavy (non-hydrogen) atoms. The Bertz CT molecular complexity index is 1500. The molecule has 0 unspecified atom stereocenters. The molecule has 0 spiro atoms. The van der Waals surface area contributed by atoms with Crippen molar-refractivity contribution in [2.24, 2.45) is 0 Å². The summed E-state index contributed by atoms with van der Waals surface area (Å²) in [5.74, 6) is 1.39. The first kappa shape index (κ1) is 28.1. The lowest BCUT2D eigenvalue weighted by Crippen LogP contribution is -2.25. The van der Waals surface area contributed by atoms with Crippen molar-refractivity contribution in [3.8, 4) is 16.9 Å². The molecule has 0 radical (unpaired) electrons. The summed E-state index contributed by atoms with van der Waals surface area (Å²) in [4.78, 5) is 25.1. The molecule has 0 aliphatic heterocycles. The molecule has 6 heteroatoms. The molecule has 1 heterocycles. The predicted octanol–water partition coefficient (Wildman–Crippen LogP) is 6.46. The second-order valence-corrected chi connectivity index (χ2v) is 11.1. The van der Waals surface area contributed by atoms with Crippen LogP contribution in [0.4, 0.5) is 0 Å². The summed E-state index contributed by atoms with van der Waals surface area (Å²) in [6.07, 6.45) is 2.46. The molecule has 0 amide bonds. The minimum atomic E-state index is -0.0600. The third-order valence-corrected chi connectivity index (χ3v) is 7.17. The van der Waals surface area contributed by atoms with E-state index in [9.17, 15) is 9.59 Å². The van der Waals surface area contributed by atoms with Gasteiger partial charge in [-0.05, 0) is 72.1 Å². The SMILES string of the molecule is CCn1c(CCCc2cccc(-c3ccc(OC)c(C(C)=O)c3)c2)nn(Cc2ccc(C(C)(C)C)cc2)c1=O. The zero-order chi connectivity index (χ0) is 28.2. The Morgan fingerprint density at radius 3 is 2.28 bits per heavy atom. The summed E-state index contributed by atoms with van der Waals surface area (Å²) >= 11 is 0. The summed E-state index contributed by atoms with van der Waals surface area (Å²) < 4.78 is 8.71. The van der Waals surface area contributed by atoms with Crippen LogP contribution in [-0.4, -0.2) is 27.2 Å². The molecule has 0 aliphatic rings. The first-order valence-electron chi connectivity index (χ1n) is 13.6. The highest BCUT2D eigenvalue weighted by atomic mass is 16.5. The number of ketones is 1. The van der Waals surface area contributed by atoms with Crippen molar-refractivity contribution in [1.82, 2.24) is 14.3 Å². The molecule has 0 N–H and O–H groups in total. The lowest BCUT2D eigenvalue weighted by Gasteiger charge is -2.19. The fraction of sp³-hybridized carbons (Fsp3) is 0.364. The van der Waals surface area contributed by atoms with Gasteiger partial charge in [0, 0.05) is 13.0 Å². The van der Waals surface area contributed by atoms with E-state index in [1.165, 1.54) is 11.1 Å². The van der Waals surface area contributed by atoms with Gasteiger partial charge in [-0.15, -0.1) is 0 Å². The molecular weight excluding hydrogens is 486 g/mol. The van der Waals surface area contributed by atoms with E-state index in [1.807, 2.05) is 31.2 Å². The maximum atomic E-state index is 13.0. The van der Waals surface area contributed by atoms with Crippen molar-refractivity contribution in [1.29, 1.82) is 0 Å². The number of carbonyl (C=O) groups is 1. The summed E-state index contributed by atoms with van der Waals surface area (Å²) in [6, 6.07) is 22.6. The molecule has 0 fully saturated rings. The topological polar surface area (TPSA) is 66.1 Å².